The van der Waals surface area contributed by atoms with Gasteiger partial charge in [-0.3, -0.25) is 4.79 Å². The first-order valence-corrected chi connectivity index (χ1v) is 14.3. The summed E-state index contributed by atoms with van der Waals surface area (Å²) in [5.41, 5.74) is 4.13. The molecule has 1 aromatic heterocycles. The zero-order valence-corrected chi connectivity index (χ0v) is 24.0. The van der Waals surface area contributed by atoms with Gasteiger partial charge in [0.2, 0.25) is 0 Å². The number of carbonyl (C=O) groups excluding carboxylic acids is 1. The number of nitrogens with zero attached hydrogens (tertiary/aromatic N) is 1. The molecule has 0 spiro atoms. The fraction of sp³-hybridized carbons (Fsp3) is 0.200. The van der Waals surface area contributed by atoms with Crippen molar-refractivity contribution in [3.05, 3.63) is 103 Å². The number of para-hydroxylation sites is 1. The second-order valence-corrected chi connectivity index (χ2v) is 11.3. The lowest BCUT2D eigenvalue weighted by Crippen LogP contribution is -2.14. The molecule has 0 aliphatic heterocycles. The number of aryl methyl sites for hydroxylation is 1. The van der Waals surface area contributed by atoms with Gasteiger partial charge in [-0.1, -0.05) is 63.9 Å². The van der Waals surface area contributed by atoms with Gasteiger partial charge in [-0.05, 0) is 61.6 Å². The van der Waals surface area contributed by atoms with E-state index in [1.54, 1.807) is 24.7 Å². The Morgan fingerprint density at radius 3 is 2.66 bits per heavy atom. The quantitative estimate of drug-likeness (QED) is 0.203. The molecule has 0 saturated carbocycles. The number of hydrogen-bond donors (Lipinski definition) is 1. The molecule has 0 bridgehead atoms. The molecular formula is C30H26BrClN2O3S. The predicted octanol–water partition coefficient (Wildman–Crippen LogP) is 8.63. The summed E-state index contributed by atoms with van der Waals surface area (Å²) in [5, 5.41) is 4.38. The number of rotatable bonds is 8. The van der Waals surface area contributed by atoms with Gasteiger partial charge in [-0.2, -0.15) is 0 Å². The van der Waals surface area contributed by atoms with Crippen molar-refractivity contribution in [3.63, 3.8) is 0 Å². The average Bonchev–Trinajstić information content (AvgIpc) is 3.31. The van der Waals surface area contributed by atoms with E-state index in [-0.39, 0.29) is 12.5 Å². The Balaban J connectivity index is 1.49. The SMILES string of the molecule is COc1cc(Br)cc(C=Nc2sc3c(c2C(=O)Nc2ccccc2)CCCC3)c1OCc1ccccc1Cl. The van der Waals surface area contributed by atoms with Crippen molar-refractivity contribution in [1.82, 2.24) is 0 Å². The number of benzene rings is 3. The first-order chi connectivity index (χ1) is 18.5. The molecular weight excluding hydrogens is 584 g/mol. The minimum atomic E-state index is -0.134. The van der Waals surface area contributed by atoms with Gasteiger partial charge in [0.25, 0.3) is 5.91 Å². The van der Waals surface area contributed by atoms with Gasteiger partial charge in [0.1, 0.15) is 11.6 Å². The number of aliphatic imine (C=N–C) groups is 1. The Hall–Kier alpha value is -3.13. The maximum absolute atomic E-state index is 13.4. The average molecular weight is 610 g/mol. The monoisotopic (exact) mass is 608 g/mol. The van der Waals surface area contributed by atoms with Crippen LogP contribution in [0, 0.1) is 0 Å². The number of ether oxygens (including phenoxy) is 2. The third-order valence-electron chi connectivity index (χ3n) is 6.33. The molecule has 8 heteroatoms. The zero-order valence-electron chi connectivity index (χ0n) is 20.8. The van der Waals surface area contributed by atoms with Crippen molar-refractivity contribution < 1.29 is 14.3 Å². The van der Waals surface area contributed by atoms with E-state index in [2.05, 4.69) is 21.2 Å². The minimum absolute atomic E-state index is 0.134. The van der Waals surface area contributed by atoms with Crippen molar-refractivity contribution in [2.45, 2.75) is 32.3 Å². The lowest BCUT2D eigenvalue weighted by molar-refractivity contribution is 0.102. The summed E-state index contributed by atoms with van der Waals surface area (Å²) in [4.78, 5) is 19.5. The minimum Gasteiger partial charge on any atom is -0.493 e. The highest BCUT2D eigenvalue weighted by Crippen LogP contribution is 2.41. The Kier molecular flexibility index (Phi) is 8.47. The van der Waals surface area contributed by atoms with Gasteiger partial charge < -0.3 is 14.8 Å². The highest BCUT2D eigenvalue weighted by molar-refractivity contribution is 9.10. The maximum atomic E-state index is 13.4. The van der Waals surface area contributed by atoms with Crippen LogP contribution in [0.3, 0.4) is 0 Å². The number of fused-ring (bicyclic) bond motifs is 1. The molecule has 0 unspecified atom stereocenters. The lowest BCUT2D eigenvalue weighted by atomic mass is 9.95. The van der Waals surface area contributed by atoms with Gasteiger partial charge in [-0.25, -0.2) is 4.99 Å². The van der Waals surface area contributed by atoms with E-state index in [0.29, 0.717) is 27.1 Å². The molecule has 3 aromatic carbocycles. The van der Waals surface area contributed by atoms with Crippen LogP contribution in [0.4, 0.5) is 10.7 Å². The number of carbonyl (C=O) groups is 1. The summed E-state index contributed by atoms with van der Waals surface area (Å²) in [6.07, 6.45) is 5.79. The Morgan fingerprint density at radius 2 is 1.87 bits per heavy atom. The first kappa shape index (κ1) is 26.5. The van der Waals surface area contributed by atoms with Crippen LogP contribution >= 0.6 is 38.9 Å². The Bertz CT molecular complexity index is 1490. The highest BCUT2D eigenvalue weighted by Gasteiger charge is 2.25. The lowest BCUT2D eigenvalue weighted by Gasteiger charge is -2.15. The van der Waals surface area contributed by atoms with Gasteiger partial charge in [0.05, 0.1) is 12.7 Å². The second kappa shape index (κ2) is 12.2. The van der Waals surface area contributed by atoms with Crippen molar-refractivity contribution in [1.29, 1.82) is 0 Å². The molecule has 1 aliphatic rings. The summed E-state index contributed by atoms with van der Waals surface area (Å²) in [6, 6.07) is 20.8. The summed E-state index contributed by atoms with van der Waals surface area (Å²) in [5.74, 6) is 0.987. The molecule has 0 fully saturated rings. The summed E-state index contributed by atoms with van der Waals surface area (Å²) in [6.45, 7) is 0.274. The zero-order chi connectivity index (χ0) is 26.5. The van der Waals surface area contributed by atoms with Crippen LogP contribution in [0.15, 0.2) is 76.2 Å². The summed E-state index contributed by atoms with van der Waals surface area (Å²) < 4.78 is 12.7. The van der Waals surface area contributed by atoms with Crippen LogP contribution in [0.5, 0.6) is 11.5 Å². The summed E-state index contributed by atoms with van der Waals surface area (Å²) >= 11 is 11.5. The normalized spacial score (nSPS) is 12.8. The molecule has 5 rings (SSSR count). The van der Waals surface area contributed by atoms with Crippen LogP contribution in [-0.2, 0) is 19.4 Å². The molecule has 1 N–H and O–H groups in total. The van der Waals surface area contributed by atoms with Crippen LogP contribution in [-0.4, -0.2) is 19.2 Å². The van der Waals surface area contributed by atoms with E-state index in [4.69, 9.17) is 26.1 Å². The molecule has 0 radical (unpaired) electrons. The van der Waals surface area contributed by atoms with Gasteiger partial charge >= 0.3 is 0 Å². The fourth-order valence-corrected chi connectivity index (χ4v) is 6.35. The van der Waals surface area contributed by atoms with E-state index in [9.17, 15) is 4.79 Å². The first-order valence-electron chi connectivity index (χ1n) is 12.3. The number of amides is 1. The Morgan fingerprint density at radius 1 is 1.11 bits per heavy atom. The standard InChI is InChI=1S/C30H26BrClN2O3S/c1-36-25-16-21(31)15-20(28(25)37-18-19-9-5-7-13-24(19)32)17-33-30-27(23-12-6-8-14-26(23)38-30)29(35)34-22-10-3-2-4-11-22/h2-5,7,9-11,13,15-17H,6,8,12,14,18H2,1H3,(H,34,35). The van der Waals surface area contributed by atoms with E-state index in [0.717, 1.165) is 52.5 Å². The molecule has 5 nitrogen and oxygen atoms in total. The molecule has 1 heterocycles. The number of thiophene rings is 1. The van der Waals surface area contributed by atoms with Gasteiger partial charge in [0, 0.05) is 37.4 Å². The van der Waals surface area contributed by atoms with E-state index >= 15 is 0 Å². The molecule has 194 valence electrons. The molecule has 0 atom stereocenters. The second-order valence-electron chi connectivity index (χ2n) is 8.88. The molecule has 4 aromatic rings. The Labute approximate surface area is 239 Å². The highest BCUT2D eigenvalue weighted by atomic mass is 79.9. The van der Waals surface area contributed by atoms with Crippen LogP contribution in [0.2, 0.25) is 5.02 Å². The van der Waals surface area contributed by atoms with Gasteiger partial charge in [0.15, 0.2) is 11.5 Å². The van der Waals surface area contributed by atoms with Crippen LogP contribution in [0.1, 0.15) is 44.8 Å². The number of anilines is 1. The number of methoxy groups -OCH3 is 1. The molecule has 38 heavy (non-hydrogen) atoms. The topological polar surface area (TPSA) is 59.9 Å². The predicted molar refractivity (Wildman–Crippen MR) is 159 cm³/mol. The molecule has 1 amide bonds. The fourth-order valence-electron chi connectivity index (χ4n) is 4.48. The van der Waals surface area contributed by atoms with Crippen molar-refractivity contribution in [3.8, 4) is 11.5 Å². The van der Waals surface area contributed by atoms with Crippen LogP contribution < -0.4 is 14.8 Å². The van der Waals surface area contributed by atoms with Crippen LogP contribution in [0.25, 0.3) is 0 Å². The van der Waals surface area contributed by atoms with Crippen molar-refractivity contribution in [2.75, 3.05) is 12.4 Å². The van der Waals surface area contributed by atoms with E-state index in [1.165, 1.54) is 4.88 Å². The third kappa shape index (κ3) is 5.96. The van der Waals surface area contributed by atoms with Gasteiger partial charge in [-0.15, -0.1) is 11.3 Å². The van der Waals surface area contributed by atoms with Crippen molar-refractivity contribution >= 4 is 61.7 Å². The van der Waals surface area contributed by atoms with E-state index < -0.39 is 0 Å². The summed E-state index contributed by atoms with van der Waals surface area (Å²) in [7, 11) is 1.60. The number of halogens is 2. The third-order valence-corrected chi connectivity index (χ3v) is 8.36. The van der Waals surface area contributed by atoms with Crippen molar-refractivity contribution in [2.24, 2.45) is 4.99 Å². The van der Waals surface area contributed by atoms with E-state index in [1.807, 2.05) is 66.7 Å². The smallest absolute Gasteiger partial charge is 0.259 e. The number of hydrogen-bond acceptors (Lipinski definition) is 5. The maximum Gasteiger partial charge on any atom is 0.259 e. The molecule has 1 aliphatic carbocycles. The largest absolute Gasteiger partial charge is 0.493 e. The number of nitrogens with one attached hydrogen (secondary N) is 1. The molecule has 0 saturated heterocycles.